The zero-order valence-electron chi connectivity index (χ0n) is 23.3. The number of anilines is 1. The Hall–Kier alpha value is -2.57. The van der Waals surface area contributed by atoms with Gasteiger partial charge in [-0.15, -0.1) is 0 Å². The first-order valence-corrected chi connectivity index (χ1v) is 15.4. The van der Waals surface area contributed by atoms with Crippen molar-refractivity contribution in [2.24, 2.45) is 5.92 Å². The summed E-state index contributed by atoms with van der Waals surface area (Å²) < 4.78 is 87.5. The van der Waals surface area contributed by atoms with E-state index >= 15 is 0 Å². The fourth-order valence-electron chi connectivity index (χ4n) is 4.36. The molecule has 0 saturated carbocycles. The zero-order chi connectivity index (χ0) is 29.6. The van der Waals surface area contributed by atoms with Crippen molar-refractivity contribution in [3.8, 4) is 5.75 Å². The number of pyridine rings is 1. The average molecular weight is 575 g/mol. The molecule has 1 saturated heterocycles. The molecule has 2 heterocycles. The fraction of sp³-hybridized carbons (Fsp3) is 0.556. The van der Waals surface area contributed by atoms with Crippen molar-refractivity contribution in [2.75, 3.05) is 12.4 Å². The Bertz CT molecular complexity index is 1220. The molecule has 1 aliphatic rings. The SMILES string of the molecule is COc1c([C@@H]2[C@@H](C(=O)Nc3ccnc(CO[Si](C)(C)C(C)(C)C)c3)O[C@](C)(C(F)(F)F)[C@@H]2C)ccc(F)c1F. The molecule has 3 rings (SSSR count). The molecule has 4 atom stereocenters. The van der Waals surface area contributed by atoms with E-state index in [2.05, 4.69) is 44.2 Å². The summed E-state index contributed by atoms with van der Waals surface area (Å²) in [6, 6.07) is 4.96. The third-order valence-corrected chi connectivity index (χ3v) is 12.5. The summed E-state index contributed by atoms with van der Waals surface area (Å²) in [5.41, 5.74) is -2.04. The van der Waals surface area contributed by atoms with Crippen LogP contribution >= 0.6 is 0 Å². The van der Waals surface area contributed by atoms with E-state index in [1.54, 1.807) is 6.07 Å². The summed E-state index contributed by atoms with van der Waals surface area (Å²) in [5, 5.41) is 2.57. The van der Waals surface area contributed by atoms with Crippen molar-refractivity contribution in [3.63, 3.8) is 0 Å². The number of ether oxygens (including phenoxy) is 2. The predicted molar refractivity (Wildman–Crippen MR) is 139 cm³/mol. The van der Waals surface area contributed by atoms with Crippen molar-refractivity contribution >= 4 is 19.9 Å². The number of methoxy groups -OCH3 is 1. The lowest BCUT2D eigenvalue weighted by molar-refractivity contribution is -0.272. The van der Waals surface area contributed by atoms with Gasteiger partial charge in [-0.05, 0) is 43.3 Å². The molecule has 6 nitrogen and oxygen atoms in total. The van der Waals surface area contributed by atoms with Gasteiger partial charge in [-0.1, -0.05) is 33.8 Å². The van der Waals surface area contributed by atoms with Crippen LogP contribution in [0.1, 0.15) is 51.8 Å². The number of rotatable bonds is 7. The molecule has 0 unspecified atom stereocenters. The lowest BCUT2D eigenvalue weighted by Gasteiger charge is -2.36. The second-order valence-electron chi connectivity index (χ2n) is 11.5. The van der Waals surface area contributed by atoms with Gasteiger partial charge in [-0.2, -0.15) is 17.6 Å². The van der Waals surface area contributed by atoms with E-state index in [0.29, 0.717) is 5.69 Å². The van der Waals surface area contributed by atoms with Crippen LogP contribution in [0.25, 0.3) is 0 Å². The number of carbonyl (C=O) groups excluding carboxylic acids is 1. The molecule has 216 valence electrons. The highest BCUT2D eigenvalue weighted by Crippen LogP contribution is 2.55. The molecule has 2 aromatic rings. The molecule has 1 aromatic heterocycles. The van der Waals surface area contributed by atoms with Crippen LogP contribution in [0.3, 0.4) is 0 Å². The van der Waals surface area contributed by atoms with Gasteiger partial charge in [0.05, 0.1) is 19.4 Å². The molecule has 1 amide bonds. The topological polar surface area (TPSA) is 69.7 Å². The predicted octanol–water partition coefficient (Wildman–Crippen LogP) is 6.97. The van der Waals surface area contributed by atoms with Gasteiger partial charge in [-0.25, -0.2) is 4.39 Å². The molecule has 39 heavy (non-hydrogen) atoms. The van der Waals surface area contributed by atoms with E-state index in [1.807, 2.05) is 0 Å². The molecule has 1 aromatic carbocycles. The number of nitrogens with zero attached hydrogens (tertiary/aromatic N) is 1. The number of amides is 1. The summed E-state index contributed by atoms with van der Waals surface area (Å²) in [7, 11) is -1.01. The maximum absolute atomic E-state index is 14.5. The van der Waals surface area contributed by atoms with Gasteiger partial charge in [0.2, 0.25) is 5.82 Å². The van der Waals surface area contributed by atoms with Crippen LogP contribution in [-0.4, -0.2) is 44.2 Å². The van der Waals surface area contributed by atoms with Crippen LogP contribution in [0.5, 0.6) is 5.75 Å². The molecule has 12 heteroatoms. The van der Waals surface area contributed by atoms with E-state index < -0.39 is 61.3 Å². The quantitative estimate of drug-likeness (QED) is 0.286. The van der Waals surface area contributed by atoms with Crippen LogP contribution in [0.2, 0.25) is 18.1 Å². The number of benzene rings is 1. The Morgan fingerprint density at radius 1 is 1.18 bits per heavy atom. The van der Waals surface area contributed by atoms with E-state index in [-0.39, 0.29) is 22.9 Å². The summed E-state index contributed by atoms with van der Waals surface area (Å²) in [6.07, 6.45) is -5.09. The first kappa shape index (κ1) is 31.0. The number of hydrogen-bond acceptors (Lipinski definition) is 5. The third-order valence-electron chi connectivity index (χ3n) is 8.04. The standard InChI is InChI=1S/C27H35F5N2O4Si/c1-15-20(18-9-10-19(28)21(29)22(18)36-6)23(38-26(15,5)27(30,31)32)24(35)34-16-11-12-33-17(13-16)14-37-39(7,8)25(2,3)4/h9-13,15,20,23H,14H2,1-8H3,(H,33,34,35)/t15-,20-,23+,26+/m1/s1. The number of carbonyl (C=O) groups is 1. The Balaban J connectivity index is 1.94. The Labute approximate surface area is 226 Å². The van der Waals surface area contributed by atoms with E-state index in [1.165, 1.54) is 19.2 Å². The zero-order valence-corrected chi connectivity index (χ0v) is 24.3. The van der Waals surface area contributed by atoms with E-state index in [0.717, 1.165) is 26.2 Å². The normalized spacial score (nSPS) is 24.1. The van der Waals surface area contributed by atoms with Crippen molar-refractivity contribution in [3.05, 3.63) is 53.4 Å². The minimum Gasteiger partial charge on any atom is -0.493 e. The van der Waals surface area contributed by atoms with Crippen LogP contribution in [0.15, 0.2) is 30.5 Å². The summed E-state index contributed by atoms with van der Waals surface area (Å²) in [5.74, 6) is -6.70. The van der Waals surface area contributed by atoms with Crippen LogP contribution in [0.4, 0.5) is 27.6 Å². The third kappa shape index (κ3) is 5.97. The van der Waals surface area contributed by atoms with Gasteiger partial charge >= 0.3 is 6.18 Å². The highest BCUT2D eigenvalue weighted by atomic mass is 28.4. The van der Waals surface area contributed by atoms with Gasteiger partial charge in [0.25, 0.3) is 5.91 Å². The van der Waals surface area contributed by atoms with Gasteiger partial charge in [0, 0.05) is 29.3 Å². The fourth-order valence-corrected chi connectivity index (χ4v) is 5.30. The van der Waals surface area contributed by atoms with Crippen LogP contribution < -0.4 is 10.1 Å². The first-order valence-electron chi connectivity index (χ1n) is 12.5. The number of hydrogen-bond donors (Lipinski definition) is 1. The van der Waals surface area contributed by atoms with E-state index in [9.17, 15) is 26.7 Å². The van der Waals surface area contributed by atoms with Crippen molar-refractivity contribution < 1.29 is 40.6 Å². The number of aromatic nitrogens is 1. The van der Waals surface area contributed by atoms with Gasteiger partial charge < -0.3 is 19.2 Å². The largest absolute Gasteiger partial charge is 0.493 e. The second-order valence-corrected chi connectivity index (χ2v) is 16.3. The molecule has 0 radical (unpaired) electrons. The Morgan fingerprint density at radius 3 is 2.38 bits per heavy atom. The first-order chi connectivity index (χ1) is 17.8. The average Bonchev–Trinajstić information content (AvgIpc) is 3.11. The highest BCUT2D eigenvalue weighted by molar-refractivity contribution is 6.74. The number of halogens is 5. The molecule has 0 aliphatic carbocycles. The van der Waals surface area contributed by atoms with Gasteiger partial charge in [-0.3, -0.25) is 9.78 Å². The van der Waals surface area contributed by atoms with Crippen molar-refractivity contribution in [1.82, 2.24) is 4.98 Å². The summed E-state index contributed by atoms with van der Waals surface area (Å²) >= 11 is 0. The second kappa shape index (κ2) is 10.8. The smallest absolute Gasteiger partial charge is 0.417 e. The van der Waals surface area contributed by atoms with E-state index in [4.69, 9.17) is 13.9 Å². The molecule has 1 fully saturated rings. The molecule has 0 spiro atoms. The minimum atomic E-state index is -4.85. The summed E-state index contributed by atoms with van der Waals surface area (Å²) in [4.78, 5) is 17.7. The molecular weight excluding hydrogens is 539 g/mol. The monoisotopic (exact) mass is 574 g/mol. The molecule has 1 N–H and O–H groups in total. The Kier molecular flexibility index (Phi) is 8.55. The van der Waals surface area contributed by atoms with Crippen molar-refractivity contribution in [1.29, 1.82) is 0 Å². The van der Waals surface area contributed by atoms with Crippen LogP contribution in [0, 0.1) is 17.6 Å². The molecule has 1 aliphatic heterocycles. The molecular formula is C27H35F5N2O4Si. The molecule has 0 bridgehead atoms. The lowest BCUT2D eigenvalue weighted by atomic mass is 9.77. The minimum absolute atomic E-state index is 0.0314. The Morgan fingerprint density at radius 2 is 1.82 bits per heavy atom. The summed E-state index contributed by atoms with van der Waals surface area (Å²) in [6.45, 7) is 12.8. The van der Waals surface area contributed by atoms with Gasteiger partial charge in [0.15, 0.2) is 25.5 Å². The van der Waals surface area contributed by atoms with Gasteiger partial charge in [0.1, 0.15) is 6.10 Å². The lowest BCUT2D eigenvalue weighted by Crippen LogP contribution is -2.47. The maximum Gasteiger partial charge on any atom is 0.417 e. The number of nitrogens with one attached hydrogen (secondary N) is 1. The number of alkyl halides is 3. The maximum atomic E-state index is 14.5. The van der Waals surface area contributed by atoms with Crippen molar-refractivity contribution in [2.45, 2.75) is 83.2 Å². The highest BCUT2D eigenvalue weighted by Gasteiger charge is 2.66. The van der Waals surface area contributed by atoms with Crippen LogP contribution in [-0.2, 0) is 20.6 Å².